The third kappa shape index (κ3) is 7.20. The second-order valence-corrected chi connectivity index (χ2v) is 5.75. The first-order valence-electron chi connectivity index (χ1n) is 8.59. The number of nitrogens with two attached hydrogens (primary N) is 1. The third-order valence-corrected chi connectivity index (χ3v) is 3.60. The van der Waals surface area contributed by atoms with E-state index in [0.29, 0.717) is 24.1 Å². The van der Waals surface area contributed by atoms with Crippen molar-refractivity contribution in [1.29, 1.82) is 0 Å². The minimum absolute atomic E-state index is 0.305. The Kier molecular flexibility index (Phi) is 7.69. The van der Waals surface area contributed by atoms with Crippen LogP contribution in [-0.2, 0) is 6.54 Å². The topological polar surface area (TPSA) is 72.5 Å². The number of guanidine groups is 1. The summed E-state index contributed by atoms with van der Waals surface area (Å²) in [4.78, 5) is 8.47. The van der Waals surface area contributed by atoms with E-state index in [2.05, 4.69) is 22.2 Å². The SMILES string of the molecule is CCCCCCNC(N)=NCc1ccnc(Oc2ccc(F)cc2)c1. The number of nitrogens with zero attached hydrogens (tertiary/aromatic N) is 2. The molecule has 0 unspecified atom stereocenters. The molecule has 0 fully saturated rings. The molecular weight excluding hydrogens is 319 g/mol. The zero-order valence-electron chi connectivity index (χ0n) is 14.5. The number of unbranched alkanes of at least 4 members (excludes halogenated alkanes) is 3. The van der Waals surface area contributed by atoms with Gasteiger partial charge in [0, 0.05) is 18.8 Å². The Hall–Kier alpha value is -2.63. The number of hydrogen-bond donors (Lipinski definition) is 2. The van der Waals surface area contributed by atoms with Crippen LogP contribution in [0.3, 0.4) is 0 Å². The van der Waals surface area contributed by atoms with Gasteiger partial charge in [-0.3, -0.25) is 0 Å². The maximum Gasteiger partial charge on any atom is 0.219 e. The highest BCUT2D eigenvalue weighted by molar-refractivity contribution is 5.77. The van der Waals surface area contributed by atoms with Gasteiger partial charge >= 0.3 is 0 Å². The molecule has 134 valence electrons. The Bertz CT molecular complexity index is 673. The lowest BCUT2D eigenvalue weighted by molar-refractivity contribution is 0.460. The largest absolute Gasteiger partial charge is 0.439 e. The number of nitrogens with one attached hydrogen (secondary N) is 1. The summed E-state index contributed by atoms with van der Waals surface area (Å²) in [5.74, 6) is 1.10. The molecule has 3 N–H and O–H groups in total. The van der Waals surface area contributed by atoms with Gasteiger partial charge in [0.25, 0.3) is 0 Å². The van der Waals surface area contributed by atoms with Gasteiger partial charge in [-0.2, -0.15) is 0 Å². The molecule has 0 radical (unpaired) electrons. The van der Waals surface area contributed by atoms with Crippen molar-refractivity contribution in [2.75, 3.05) is 6.54 Å². The Labute approximate surface area is 148 Å². The highest BCUT2D eigenvalue weighted by Gasteiger charge is 2.01. The summed E-state index contributed by atoms with van der Waals surface area (Å²) >= 11 is 0. The Morgan fingerprint density at radius 1 is 1.20 bits per heavy atom. The number of pyridine rings is 1. The summed E-state index contributed by atoms with van der Waals surface area (Å²) in [7, 11) is 0. The smallest absolute Gasteiger partial charge is 0.219 e. The number of ether oxygens (including phenoxy) is 1. The summed E-state index contributed by atoms with van der Waals surface area (Å²) in [5.41, 5.74) is 6.80. The molecule has 0 spiro atoms. The second-order valence-electron chi connectivity index (χ2n) is 5.75. The molecule has 0 saturated carbocycles. The van der Waals surface area contributed by atoms with Crippen LogP contribution in [0.15, 0.2) is 47.6 Å². The summed E-state index contributed by atoms with van der Waals surface area (Å²) < 4.78 is 18.5. The van der Waals surface area contributed by atoms with E-state index in [4.69, 9.17) is 10.5 Å². The van der Waals surface area contributed by atoms with Crippen molar-refractivity contribution in [3.05, 3.63) is 54.0 Å². The second kappa shape index (κ2) is 10.3. The van der Waals surface area contributed by atoms with Crippen LogP contribution in [0.1, 0.15) is 38.2 Å². The first-order valence-corrected chi connectivity index (χ1v) is 8.59. The molecule has 0 bridgehead atoms. The van der Waals surface area contributed by atoms with Gasteiger partial charge < -0.3 is 15.8 Å². The van der Waals surface area contributed by atoms with E-state index < -0.39 is 0 Å². The normalized spacial score (nSPS) is 11.4. The molecule has 2 aromatic rings. The molecular formula is C19H25FN4O. The summed E-state index contributed by atoms with van der Waals surface area (Å²) in [6, 6.07) is 9.45. The van der Waals surface area contributed by atoms with Crippen molar-refractivity contribution in [1.82, 2.24) is 10.3 Å². The van der Waals surface area contributed by atoms with E-state index in [1.54, 1.807) is 24.4 Å². The van der Waals surface area contributed by atoms with Crippen LogP contribution in [0.25, 0.3) is 0 Å². The van der Waals surface area contributed by atoms with Gasteiger partial charge in [-0.05, 0) is 42.3 Å². The lowest BCUT2D eigenvalue weighted by Crippen LogP contribution is -2.32. The predicted octanol–water partition coefficient (Wildman–Crippen LogP) is 4.00. The van der Waals surface area contributed by atoms with Crippen LogP contribution in [0.5, 0.6) is 11.6 Å². The summed E-state index contributed by atoms with van der Waals surface area (Å²) in [6.07, 6.45) is 6.40. The van der Waals surface area contributed by atoms with Crippen molar-refractivity contribution in [2.24, 2.45) is 10.7 Å². The van der Waals surface area contributed by atoms with Gasteiger partial charge in [-0.15, -0.1) is 0 Å². The van der Waals surface area contributed by atoms with Gasteiger partial charge in [0.15, 0.2) is 5.96 Å². The van der Waals surface area contributed by atoms with Crippen molar-refractivity contribution in [2.45, 2.75) is 39.2 Å². The third-order valence-electron chi connectivity index (χ3n) is 3.60. The molecule has 0 aliphatic heterocycles. The molecule has 0 amide bonds. The van der Waals surface area contributed by atoms with Gasteiger partial charge in [0.2, 0.25) is 5.88 Å². The van der Waals surface area contributed by atoms with Gasteiger partial charge in [0.05, 0.1) is 6.54 Å². The van der Waals surface area contributed by atoms with Crippen LogP contribution in [0, 0.1) is 5.82 Å². The molecule has 0 atom stereocenters. The Morgan fingerprint density at radius 3 is 2.76 bits per heavy atom. The van der Waals surface area contributed by atoms with E-state index >= 15 is 0 Å². The van der Waals surface area contributed by atoms with Crippen molar-refractivity contribution >= 4 is 5.96 Å². The molecule has 1 aromatic carbocycles. The molecule has 1 heterocycles. The number of rotatable bonds is 9. The maximum atomic E-state index is 12.9. The molecule has 1 aromatic heterocycles. The average Bonchev–Trinajstić information content (AvgIpc) is 2.62. The number of aliphatic imine (C=N–C) groups is 1. The number of hydrogen-bond acceptors (Lipinski definition) is 3. The molecule has 5 nitrogen and oxygen atoms in total. The minimum atomic E-state index is -0.305. The van der Waals surface area contributed by atoms with Crippen molar-refractivity contribution in [3.8, 4) is 11.6 Å². The van der Waals surface area contributed by atoms with Gasteiger partial charge in [-0.1, -0.05) is 26.2 Å². The van der Waals surface area contributed by atoms with E-state index in [-0.39, 0.29) is 5.82 Å². The van der Waals surface area contributed by atoms with Gasteiger partial charge in [0.1, 0.15) is 11.6 Å². The van der Waals surface area contributed by atoms with E-state index in [0.717, 1.165) is 18.5 Å². The van der Waals surface area contributed by atoms with Crippen LogP contribution in [0.2, 0.25) is 0 Å². The predicted molar refractivity (Wildman–Crippen MR) is 98.2 cm³/mol. The lowest BCUT2D eigenvalue weighted by atomic mass is 10.2. The fraction of sp³-hybridized carbons (Fsp3) is 0.368. The lowest BCUT2D eigenvalue weighted by Gasteiger charge is -2.07. The van der Waals surface area contributed by atoms with Gasteiger partial charge in [-0.25, -0.2) is 14.4 Å². The monoisotopic (exact) mass is 344 g/mol. The average molecular weight is 344 g/mol. The first kappa shape index (κ1) is 18.7. The highest BCUT2D eigenvalue weighted by Crippen LogP contribution is 2.20. The molecule has 0 saturated heterocycles. The standard InChI is InChI=1S/C19H25FN4O/c1-2-3-4-5-11-23-19(21)24-14-15-10-12-22-18(13-15)25-17-8-6-16(20)7-9-17/h6-10,12-13H,2-5,11,14H2,1H3,(H3,21,23,24). The number of aromatic nitrogens is 1. The van der Waals surface area contributed by atoms with Crippen LogP contribution in [0.4, 0.5) is 4.39 Å². The highest BCUT2D eigenvalue weighted by atomic mass is 19.1. The fourth-order valence-electron chi connectivity index (χ4n) is 2.23. The van der Waals surface area contributed by atoms with E-state index in [1.807, 2.05) is 6.07 Å². The van der Waals surface area contributed by atoms with E-state index in [1.165, 1.54) is 31.4 Å². The summed E-state index contributed by atoms with van der Waals surface area (Å²) in [6.45, 7) is 3.46. The molecule has 0 aliphatic rings. The van der Waals surface area contributed by atoms with E-state index in [9.17, 15) is 4.39 Å². The Balaban J connectivity index is 1.84. The van der Waals surface area contributed by atoms with Crippen LogP contribution in [-0.4, -0.2) is 17.5 Å². The summed E-state index contributed by atoms with van der Waals surface area (Å²) in [5, 5.41) is 3.12. The zero-order valence-corrected chi connectivity index (χ0v) is 14.5. The first-order chi connectivity index (χ1) is 12.2. The maximum absolute atomic E-state index is 12.9. The molecule has 6 heteroatoms. The van der Waals surface area contributed by atoms with Crippen LogP contribution >= 0.6 is 0 Å². The zero-order chi connectivity index (χ0) is 17.9. The molecule has 25 heavy (non-hydrogen) atoms. The number of halogens is 1. The van der Waals surface area contributed by atoms with Crippen LogP contribution < -0.4 is 15.8 Å². The fourth-order valence-corrected chi connectivity index (χ4v) is 2.23. The quantitative estimate of drug-likeness (QED) is 0.410. The Morgan fingerprint density at radius 2 is 2.00 bits per heavy atom. The minimum Gasteiger partial charge on any atom is -0.439 e. The molecule has 2 rings (SSSR count). The number of benzene rings is 1. The van der Waals surface area contributed by atoms with Crippen molar-refractivity contribution in [3.63, 3.8) is 0 Å². The van der Waals surface area contributed by atoms with Crippen molar-refractivity contribution < 1.29 is 9.13 Å². The molecule has 0 aliphatic carbocycles.